The fourth-order valence-corrected chi connectivity index (χ4v) is 0.420. The van der Waals surface area contributed by atoms with Gasteiger partial charge in [0.15, 0.2) is 0 Å². The summed E-state index contributed by atoms with van der Waals surface area (Å²) in [6, 6.07) is 0. The minimum Gasteiger partial charge on any atom is -0.381 e. The van der Waals surface area contributed by atoms with E-state index in [2.05, 4.69) is 13.0 Å². The SMILES string of the molecule is [CH2]COCCC=CC. The average Bonchev–Trinajstić information content (AvgIpc) is 1.81. The van der Waals surface area contributed by atoms with Gasteiger partial charge in [-0.3, -0.25) is 0 Å². The Bertz CT molecular complexity index is 57.4. The van der Waals surface area contributed by atoms with Crippen LogP contribution in [0, 0.1) is 6.92 Å². The molecule has 0 spiro atoms. The summed E-state index contributed by atoms with van der Waals surface area (Å²) in [7, 11) is 0. The molecule has 0 saturated heterocycles. The fourth-order valence-electron chi connectivity index (χ4n) is 0.420. The Kier molecular flexibility index (Phi) is 6.45. The Morgan fingerprint density at radius 3 is 2.88 bits per heavy atom. The molecule has 0 saturated carbocycles. The van der Waals surface area contributed by atoms with Gasteiger partial charge >= 0.3 is 0 Å². The van der Waals surface area contributed by atoms with Crippen LogP contribution >= 0.6 is 0 Å². The third-order valence-electron chi connectivity index (χ3n) is 0.809. The lowest BCUT2D eigenvalue weighted by atomic mass is 10.4. The van der Waals surface area contributed by atoms with Crippen molar-refractivity contribution in [2.24, 2.45) is 0 Å². The van der Waals surface area contributed by atoms with Crippen molar-refractivity contribution in [3.63, 3.8) is 0 Å². The van der Waals surface area contributed by atoms with Crippen LogP contribution in [0.15, 0.2) is 12.2 Å². The van der Waals surface area contributed by atoms with Crippen LogP contribution in [0.2, 0.25) is 0 Å². The zero-order valence-corrected chi connectivity index (χ0v) is 5.39. The largest absolute Gasteiger partial charge is 0.381 e. The molecule has 0 fully saturated rings. The van der Waals surface area contributed by atoms with E-state index in [0.717, 1.165) is 13.0 Å². The molecule has 0 rings (SSSR count). The van der Waals surface area contributed by atoms with Crippen LogP contribution in [0.25, 0.3) is 0 Å². The van der Waals surface area contributed by atoms with Crippen LogP contribution < -0.4 is 0 Å². The van der Waals surface area contributed by atoms with E-state index in [4.69, 9.17) is 4.74 Å². The van der Waals surface area contributed by atoms with Crippen molar-refractivity contribution in [2.75, 3.05) is 13.2 Å². The van der Waals surface area contributed by atoms with E-state index in [0.29, 0.717) is 6.61 Å². The second-order valence-corrected chi connectivity index (χ2v) is 1.47. The Morgan fingerprint density at radius 1 is 1.62 bits per heavy atom. The molecule has 0 aromatic heterocycles. The maximum atomic E-state index is 4.97. The molecule has 1 nitrogen and oxygen atoms in total. The number of rotatable bonds is 4. The molecule has 0 aliphatic carbocycles. The summed E-state index contributed by atoms with van der Waals surface area (Å²) < 4.78 is 4.97. The summed E-state index contributed by atoms with van der Waals surface area (Å²) in [4.78, 5) is 0. The molecule has 0 aromatic carbocycles. The van der Waals surface area contributed by atoms with Gasteiger partial charge in [0, 0.05) is 6.61 Å². The Labute approximate surface area is 51.4 Å². The molecule has 47 valence electrons. The van der Waals surface area contributed by atoms with E-state index < -0.39 is 0 Å². The summed E-state index contributed by atoms with van der Waals surface area (Å²) in [5, 5.41) is 0. The molecule has 0 N–H and O–H groups in total. The quantitative estimate of drug-likeness (QED) is 0.399. The highest BCUT2D eigenvalue weighted by Gasteiger charge is 1.76. The van der Waals surface area contributed by atoms with Crippen molar-refractivity contribution < 1.29 is 4.74 Å². The van der Waals surface area contributed by atoms with E-state index in [-0.39, 0.29) is 0 Å². The highest BCUT2D eigenvalue weighted by Crippen LogP contribution is 1.82. The zero-order valence-electron chi connectivity index (χ0n) is 5.39. The molecule has 1 radical (unpaired) electrons. The average molecular weight is 113 g/mol. The number of ether oxygens (including phenoxy) is 1. The normalized spacial score (nSPS) is 10.8. The highest BCUT2D eigenvalue weighted by atomic mass is 16.5. The molecule has 8 heavy (non-hydrogen) atoms. The lowest BCUT2D eigenvalue weighted by Crippen LogP contribution is -1.90. The van der Waals surface area contributed by atoms with E-state index in [1.165, 1.54) is 0 Å². The predicted molar refractivity (Wildman–Crippen MR) is 35.6 cm³/mol. The fraction of sp³-hybridized carbons (Fsp3) is 0.571. The standard InChI is InChI=1S/C7H13O/c1-3-5-6-7-8-4-2/h3,5H,2,4,6-7H2,1H3. The van der Waals surface area contributed by atoms with E-state index >= 15 is 0 Å². The lowest BCUT2D eigenvalue weighted by Gasteiger charge is -1.93. The van der Waals surface area contributed by atoms with Crippen LogP contribution in [-0.2, 0) is 4.74 Å². The monoisotopic (exact) mass is 113 g/mol. The maximum Gasteiger partial charge on any atom is 0.0500 e. The number of allylic oxidation sites excluding steroid dienone is 1. The Morgan fingerprint density at radius 2 is 2.38 bits per heavy atom. The van der Waals surface area contributed by atoms with Crippen molar-refractivity contribution in [2.45, 2.75) is 13.3 Å². The zero-order chi connectivity index (χ0) is 6.24. The molecule has 0 unspecified atom stereocenters. The third kappa shape index (κ3) is 5.70. The summed E-state index contributed by atoms with van der Waals surface area (Å²) in [6.07, 6.45) is 5.11. The molecular weight excluding hydrogens is 100 g/mol. The summed E-state index contributed by atoms with van der Waals surface area (Å²) in [5.74, 6) is 0. The van der Waals surface area contributed by atoms with Crippen molar-refractivity contribution in [1.29, 1.82) is 0 Å². The van der Waals surface area contributed by atoms with Gasteiger partial charge in [0.25, 0.3) is 0 Å². The molecule has 0 aromatic rings. The minimum atomic E-state index is 0.581. The molecule has 0 bridgehead atoms. The Hall–Kier alpha value is -0.300. The van der Waals surface area contributed by atoms with Gasteiger partial charge < -0.3 is 4.74 Å². The first kappa shape index (κ1) is 7.70. The van der Waals surface area contributed by atoms with Crippen molar-refractivity contribution >= 4 is 0 Å². The Balaban J connectivity index is 2.72. The minimum absolute atomic E-state index is 0.581. The highest BCUT2D eigenvalue weighted by molar-refractivity contribution is 4.75. The van der Waals surface area contributed by atoms with Gasteiger partial charge in [0.1, 0.15) is 0 Å². The van der Waals surface area contributed by atoms with Gasteiger partial charge in [-0.25, -0.2) is 0 Å². The van der Waals surface area contributed by atoms with Crippen LogP contribution in [-0.4, -0.2) is 13.2 Å². The van der Waals surface area contributed by atoms with E-state index in [9.17, 15) is 0 Å². The smallest absolute Gasteiger partial charge is 0.0500 e. The van der Waals surface area contributed by atoms with Crippen molar-refractivity contribution in [3.05, 3.63) is 19.1 Å². The molecule has 1 heteroatoms. The van der Waals surface area contributed by atoms with Gasteiger partial charge in [-0.2, -0.15) is 0 Å². The van der Waals surface area contributed by atoms with Gasteiger partial charge in [-0.1, -0.05) is 12.2 Å². The topological polar surface area (TPSA) is 9.23 Å². The van der Waals surface area contributed by atoms with Gasteiger partial charge in [0.05, 0.1) is 6.61 Å². The van der Waals surface area contributed by atoms with Crippen molar-refractivity contribution in [1.82, 2.24) is 0 Å². The van der Waals surface area contributed by atoms with Crippen LogP contribution in [0.1, 0.15) is 13.3 Å². The lowest BCUT2D eigenvalue weighted by molar-refractivity contribution is 0.166. The molecule has 0 aliphatic heterocycles. The molecule has 0 heterocycles. The van der Waals surface area contributed by atoms with Crippen LogP contribution in [0.3, 0.4) is 0 Å². The molecular formula is C7H13O. The van der Waals surface area contributed by atoms with Gasteiger partial charge in [0.2, 0.25) is 0 Å². The second-order valence-electron chi connectivity index (χ2n) is 1.47. The summed E-state index contributed by atoms with van der Waals surface area (Å²) >= 11 is 0. The molecule has 0 amide bonds. The number of hydrogen-bond donors (Lipinski definition) is 0. The maximum absolute atomic E-state index is 4.97. The van der Waals surface area contributed by atoms with E-state index in [1.807, 2.05) is 13.0 Å². The first-order valence-electron chi connectivity index (χ1n) is 2.90. The second kappa shape index (κ2) is 6.70. The first-order valence-corrected chi connectivity index (χ1v) is 2.90. The van der Waals surface area contributed by atoms with Crippen LogP contribution in [0.5, 0.6) is 0 Å². The van der Waals surface area contributed by atoms with Gasteiger partial charge in [-0.15, -0.1) is 0 Å². The van der Waals surface area contributed by atoms with Gasteiger partial charge in [-0.05, 0) is 20.3 Å². The summed E-state index contributed by atoms with van der Waals surface area (Å²) in [5.41, 5.74) is 0. The number of hydrogen-bond acceptors (Lipinski definition) is 1. The van der Waals surface area contributed by atoms with Crippen molar-refractivity contribution in [3.8, 4) is 0 Å². The predicted octanol–water partition coefficient (Wildman–Crippen LogP) is 1.80. The van der Waals surface area contributed by atoms with E-state index in [1.54, 1.807) is 0 Å². The summed E-state index contributed by atoms with van der Waals surface area (Å²) in [6.45, 7) is 6.92. The molecule has 0 atom stereocenters. The molecule has 0 aliphatic rings. The third-order valence-corrected chi connectivity index (χ3v) is 0.809. The first-order chi connectivity index (χ1) is 3.91. The van der Waals surface area contributed by atoms with Crippen LogP contribution in [0.4, 0.5) is 0 Å².